The van der Waals surface area contributed by atoms with Gasteiger partial charge < -0.3 is 9.73 Å². The Bertz CT molecular complexity index is 1160. The van der Waals surface area contributed by atoms with Crippen LogP contribution in [0.25, 0.3) is 22.6 Å². The number of hydrogen-bond acceptors (Lipinski definition) is 4. The van der Waals surface area contributed by atoms with E-state index in [0.29, 0.717) is 34.0 Å². The Morgan fingerprint density at radius 3 is 2.73 bits per heavy atom. The lowest BCUT2D eigenvalue weighted by molar-refractivity contribution is 0.0934. The largest absolute Gasteiger partial charge is 0.436 e. The standard InChI is InChI=1S/C24H24ClN3O2/c1-13-5-7-16(8-6-13)24-28-22-19(10-17(25)11-21(22)30-24)23(29)27-18-9-14(2)15(3)20(12-18)26-4/h5-8,10-11,14,18H,3,9,12H2,1-2,4H3,(H,27,29). The summed E-state index contributed by atoms with van der Waals surface area (Å²) in [5.41, 5.74) is 5.41. The van der Waals surface area contributed by atoms with Crippen molar-refractivity contribution in [1.82, 2.24) is 10.3 Å². The molecule has 1 aliphatic carbocycles. The van der Waals surface area contributed by atoms with Gasteiger partial charge in [0.2, 0.25) is 5.89 Å². The number of nitrogens with one attached hydrogen (secondary N) is 1. The van der Waals surface area contributed by atoms with Crippen LogP contribution < -0.4 is 5.32 Å². The van der Waals surface area contributed by atoms with Gasteiger partial charge in [0.05, 0.1) is 5.56 Å². The van der Waals surface area contributed by atoms with Gasteiger partial charge in [-0.1, -0.05) is 42.8 Å². The second-order valence-electron chi connectivity index (χ2n) is 7.89. The zero-order chi connectivity index (χ0) is 21.4. The van der Waals surface area contributed by atoms with E-state index in [-0.39, 0.29) is 17.9 Å². The number of hydrogen-bond donors (Lipinski definition) is 1. The molecule has 1 N–H and O–H groups in total. The van der Waals surface area contributed by atoms with Crippen LogP contribution >= 0.6 is 11.6 Å². The molecule has 2 aromatic carbocycles. The lowest BCUT2D eigenvalue weighted by Crippen LogP contribution is -2.41. The van der Waals surface area contributed by atoms with E-state index in [0.717, 1.165) is 28.8 Å². The number of aryl methyl sites for hydroxylation is 1. The fourth-order valence-corrected chi connectivity index (χ4v) is 4.11. The quantitative estimate of drug-likeness (QED) is 0.597. The molecule has 2 atom stereocenters. The van der Waals surface area contributed by atoms with Crippen molar-refractivity contribution in [2.24, 2.45) is 10.9 Å². The van der Waals surface area contributed by atoms with Crippen LogP contribution in [0.1, 0.15) is 35.7 Å². The van der Waals surface area contributed by atoms with E-state index < -0.39 is 0 Å². The minimum atomic E-state index is -0.216. The van der Waals surface area contributed by atoms with Crippen LogP contribution in [0.5, 0.6) is 0 Å². The van der Waals surface area contributed by atoms with Crippen LogP contribution in [0.2, 0.25) is 5.02 Å². The molecule has 6 heteroatoms. The van der Waals surface area contributed by atoms with Crippen LogP contribution in [-0.4, -0.2) is 29.7 Å². The monoisotopic (exact) mass is 421 g/mol. The number of benzene rings is 2. The van der Waals surface area contributed by atoms with Gasteiger partial charge in [-0.05, 0) is 43.0 Å². The summed E-state index contributed by atoms with van der Waals surface area (Å²) in [5, 5.41) is 3.56. The molecule has 0 radical (unpaired) electrons. The molecule has 30 heavy (non-hydrogen) atoms. The number of oxazole rings is 1. The van der Waals surface area contributed by atoms with Crippen molar-refractivity contribution in [2.45, 2.75) is 32.7 Å². The van der Waals surface area contributed by atoms with Crippen LogP contribution in [0.3, 0.4) is 0 Å². The lowest BCUT2D eigenvalue weighted by atomic mass is 9.82. The normalized spacial score (nSPS) is 20.7. The minimum absolute atomic E-state index is 0.0193. The number of fused-ring (bicyclic) bond motifs is 1. The lowest BCUT2D eigenvalue weighted by Gasteiger charge is -2.30. The number of nitrogens with zero attached hydrogens (tertiary/aromatic N) is 2. The summed E-state index contributed by atoms with van der Waals surface area (Å²) in [6, 6.07) is 11.2. The molecule has 1 fully saturated rings. The Morgan fingerprint density at radius 1 is 1.30 bits per heavy atom. The van der Waals surface area contributed by atoms with Crippen molar-refractivity contribution in [3.63, 3.8) is 0 Å². The van der Waals surface area contributed by atoms with Crippen molar-refractivity contribution in [3.8, 4) is 11.5 Å². The van der Waals surface area contributed by atoms with Gasteiger partial charge in [-0.3, -0.25) is 9.79 Å². The molecular weight excluding hydrogens is 398 g/mol. The zero-order valence-electron chi connectivity index (χ0n) is 17.3. The van der Waals surface area contributed by atoms with Gasteiger partial charge in [0.25, 0.3) is 5.91 Å². The predicted molar refractivity (Wildman–Crippen MR) is 121 cm³/mol. The molecule has 0 aliphatic heterocycles. The number of amides is 1. The van der Waals surface area contributed by atoms with Crippen LogP contribution in [-0.2, 0) is 0 Å². The molecule has 0 spiro atoms. The van der Waals surface area contributed by atoms with E-state index in [9.17, 15) is 4.79 Å². The second-order valence-corrected chi connectivity index (χ2v) is 8.33. The summed E-state index contributed by atoms with van der Waals surface area (Å²) in [5.74, 6) is 0.512. The molecule has 0 saturated heterocycles. The fraction of sp³-hybridized carbons (Fsp3) is 0.292. The molecule has 1 heterocycles. The number of carbonyl (C=O) groups excluding carboxylic acids is 1. The van der Waals surface area contributed by atoms with Crippen LogP contribution in [0, 0.1) is 12.8 Å². The van der Waals surface area contributed by atoms with Crippen LogP contribution in [0.15, 0.2) is 58.0 Å². The first-order valence-electron chi connectivity index (χ1n) is 9.98. The predicted octanol–water partition coefficient (Wildman–Crippen LogP) is 5.61. The third-order valence-electron chi connectivity index (χ3n) is 5.65. The first-order chi connectivity index (χ1) is 14.4. The van der Waals surface area contributed by atoms with Gasteiger partial charge in [-0.2, -0.15) is 0 Å². The van der Waals surface area contributed by atoms with E-state index in [2.05, 4.69) is 28.8 Å². The van der Waals surface area contributed by atoms with Gasteiger partial charge >= 0.3 is 0 Å². The summed E-state index contributed by atoms with van der Waals surface area (Å²) in [6.45, 7) is 8.25. The molecule has 4 rings (SSSR count). The maximum absolute atomic E-state index is 13.1. The number of rotatable bonds is 3. The fourth-order valence-electron chi connectivity index (χ4n) is 3.90. The Balaban J connectivity index is 1.65. The first-order valence-corrected chi connectivity index (χ1v) is 10.4. The minimum Gasteiger partial charge on any atom is -0.436 e. The highest BCUT2D eigenvalue weighted by molar-refractivity contribution is 6.32. The summed E-state index contributed by atoms with van der Waals surface area (Å²) < 4.78 is 5.91. The summed E-state index contributed by atoms with van der Waals surface area (Å²) in [7, 11) is 1.76. The molecule has 1 aliphatic rings. The molecule has 1 aromatic heterocycles. The Labute approximate surface area is 180 Å². The number of aliphatic imine (C=N–C) groups is 1. The molecule has 2 unspecified atom stereocenters. The Morgan fingerprint density at radius 2 is 2.03 bits per heavy atom. The maximum atomic E-state index is 13.1. The summed E-state index contributed by atoms with van der Waals surface area (Å²) in [6.07, 6.45) is 1.49. The molecule has 154 valence electrons. The summed E-state index contributed by atoms with van der Waals surface area (Å²) >= 11 is 6.28. The molecule has 5 nitrogen and oxygen atoms in total. The highest BCUT2D eigenvalue weighted by Crippen LogP contribution is 2.30. The molecule has 1 saturated carbocycles. The van der Waals surface area contributed by atoms with Crippen molar-refractivity contribution in [2.75, 3.05) is 7.05 Å². The smallest absolute Gasteiger partial charge is 0.253 e. The molecule has 3 aromatic rings. The van der Waals surface area contributed by atoms with E-state index in [1.54, 1.807) is 19.2 Å². The average Bonchev–Trinajstić information content (AvgIpc) is 3.14. The van der Waals surface area contributed by atoms with E-state index in [1.807, 2.05) is 31.2 Å². The number of aromatic nitrogens is 1. The van der Waals surface area contributed by atoms with Gasteiger partial charge in [0, 0.05) is 41.9 Å². The van der Waals surface area contributed by atoms with E-state index >= 15 is 0 Å². The highest BCUT2D eigenvalue weighted by atomic mass is 35.5. The van der Waals surface area contributed by atoms with Crippen molar-refractivity contribution in [1.29, 1.82) is 0 Å². The molecule has 1 amide bonds. The Hall–Kier alpha value is -2.92. The topological polar surface area (TPSA) is 67.5 Å². The number of halogens is 1. The van der Waals surface area contributed by atoms with Gasteiger partial charge in [0.15, 0.2) is 5.58 Å². The second kappa shape index (κ2) is 8.07. The van der Waals surface area contributed by atoms with Crippen molar-refractivity contribution < 1.29 is 9.21 Å². The van der Waals surface area contributed by atoms with Gasteiger partial charge in [0.1, 0.15) is 5.52 Å². The third-order valence-corrected chi connectivity index (χ3v) is 5.87. The SMILES string of the molecule is C=C1C(=NC)CC(NC(=O)c2cc(Cl)cc3oc(-c4ccc(C)cc4)nc23)CC1C. The van der Waals surface area contributed by atoms with Crippen molar-refractivity contribution >= 4 is 34.3 Å². The first kappa shape index (κ1) is 20.4. The molecule has 0 bridgehead atoms. The zero-order valence-corrected chi connectivity index (χ0v) is 18.1. The average molecular weight is 422 g/mol. The van der Waals surface area contributed by atoms with E-state index in [4.69, 9.17) is 16.0 Å². The third kappa shape index (κ3) is 3.90. The summed E-state index contributed by atoms with van der Waals surface area (Å²) in [4.78, 5) is 22.1. The van der Waals surface area contributed by atoms with Crippen LogP contribution in [0.4, 0.5) is 0 Å². The van der Waals surface area contributed by atoms with Gasteiger partial charge in [-0.25, -0.2) is 4.98 Å². The Kier molecular flexibility index (Phi) is 5.48. The number of allylic oxidation sites excluding steroid dienone is 1. The van der Waals surface area contributed by atoms with Crippen molar-refractivity contribution in [3.05, 3.63) is 64.7 Å². The van der Waals surface area contributed by atoms with Gasteiger partial charge in [-0.15, -0.1) is 0 Å². The molecular formula is C24H24ClN3O2. The maximum Gasteiger partial charge on any atom is 0.253 e. The highest BCUT2D eigenvalue weighted by Gasteiger charge is 2.28. The number of carbonyl (C=O) groups is 1. The van der Waals surface area contributed by atoms with E-state index in [1.165, 1.54) is 0 Å².